The number of aromatic nitrogens is 4. The molecule has 0 amide bonds. The highest BCUT2D eigenvalue weighted by Gasteiger charge is 2.44. The fourth-order valence-corrected chi connectivity index (χ4v) is 2.88. The molecule has 0 saturated carbocycles. The van der Waals surface area contributed by atoms with Crippen molar-refractivity contribution in [2.75, 3.05) is 18.1 Å². The van der Waals surface area contributed by atoms with E-state index in [1.54, 1.807) is 0 Å². The molecular weight excluding hydrogens is 324 g/mol. The molecule has 10 nitrogen and oxygen atoms in total. The van der Waals surface area contributed by atoms with E-state index in [9.17, 15) is 10.2 Å². The second kappa shape index (κ2) is 6.26. The second-order valence-corrected chi connectivity index (χ2v) is 5.83. The normalized spacial score (nSPS) is 27.4. The van der Waals surface area contributed by atoms with Gasteiger partial charge in [-0.3, -0.25) is 4.57 Å². The van der Waals surface area contributed by atoms with Gasteiger partial charge in [-0.25, -0.2) is 15.0 Å². The molecule has 0 spiro atoms. The molecule has 11 heteroatoms. The van der Waals surface area contributed by atoms with Gasteiger partial charge in [0.2, 0.25) is 0 Å². The third-order valence-corrected chi connectivity index (χ3v) is 4.20. The summed E-state index contributed by atoms with van der Waals surface area (Å²) in [7, 11) is 0. The monoisotopic (exact) mass is 338 g/mol. The van der Waals surface area contributed by atoms with Gasteiger partial charge in [0, 0.05) is 0 Å². The number of aliphatic hydroxyl groups is 3. The molecule has 2 aromatic heterocycles. The maximum Gasteiger partial charge on any atom is 0.192 e. The van der Waals surface area contributed by atoms with E-state index >= 15 is 0 Å². The lowest BCUT2D eigenvalue weighted by molar-refractivity contribution is -0.0511. The minimum absolute atomic E-state index is 0.140. The molecule has 3 rings (SSSR count). The summed E-state index contributed by atoms with van der Waals surface area (Å²) in [4.78, 5) is 12.4. The summed E-state index contributed by atoms with van der Waals surface area (Å²) >= 11 is 1.11. The van der Waals surface area contributed by atoms with Crippen LogP contribution in [-0.2, 0) is 4.74 Å². The van der Waals surface area contributed by atoms with E-state index in [4.69, 9.17) is 20.8 Å². The third-order valence-electron chi connectivity index (χ3n) is 3.49. The van der Waals surface area contributed by atoms with Crippen LogP contribution in [0.2, 0.25) is 0 Å². The van der Waals surface area contributed by atoms with Crippen molar-refractivity contribution >= 4 is 28.7 Å². The van der Waals surface area contributed by atoms with Crippen LogP contribution < -0.4 is 5.73 Å². The molecule has 1 saturated heterocycles. The first-order valence-corrected chi connectivity index (χ1v) is 7.67. The van der Waals surface area contributed by atoms with Gasteiger partial charge in [-0.05, 0) is 0 Å². The molecule has 0 unspecified atom stereocenters. The van der Waals surface area contributed by atoms with Crippen LogP contribution in [0.25, 0.3) is 11.2 Å². The Morgan fingerprint density at radius 1 is 1.39 bits per heavy atom. The molecule has 4 atom stereocenters. The molecule has 2 aromatic rings. The van der Waals surface area contributed by atoms with E-state index < -0.39 is 31.1 Å². The van der Waals surface area contributed by atoms with Crippen LogP contribution >= 0.6 is 11.8 Å². The van der Waals surface area contributed by atoms with Crippen molar-refractivity contribution in [3.05, 3.63) is 6.33 Å². The standard InChI is InChI=1S/C12H14N6O4S/c13-1-2-23-12-16-9(14)6-10(17-12)18(4-15-6)11-8(21)7(20)5(3-19)22-11/h4-5,7-8,11,19-21H,2-3H2,(H2,14,16,17)/t5-,7-,8-,11-/m1/s1. The minimum Gasteiger partial charge on any atom is -0.394 e. The van der Waals surface area contributed by atoms with E-state index in [2.05, 4.69) is 15.0 Å². The largest absolute Gasteiger partial charge is 0.394 e. The Balaban J connectivity index is 2.01. The fraction of sp³-hybridized carbons (Fsp3) is 0.500. The number of nitrogen functional groups attached to an aromatic ring is 1. The van der Waals surface area contributed by atoms with E-state index in [0.717, 1.165) is 11.8 Å². The van der Waals surface area contributed by atoms with Gasteiger partial charge in [0.1, 0.15) is 23.8 Å². The van der Waals surface area contributed by atoms with Crippen LogP contribution in [0.5, 0.6) is 0 Å². The molecule has 1 aliphatic rings. The lowest BCUT2D eigenvalue weighted by Gasteiger charge is -2.16. The first-order chi connectivity index (χ1) is 11.1. The van der Waals surface area contributed by atoms with Crippen molar-refractivity contribution in [3.63, 3.8) is 0 Å². The molecule has 0 radical (unpaired) electrons. The number of fused-ring (bicyclic) bond motifs is 1. The molecule has 1 fully saturated rings. The first-order valence-electron chi connectivity index (χ1n) is 6.69. The zero-order valence-electron chi connectivity index (χ0n) is 11.8. The first kappa shape index (κ1) is 15.9. The third kappa shape index (κ3) is 2.71. The Morgan fingerprint density at radius 2 is 2.17 bits per heavy atom. The fourth-order valence-electron chi connectivity index (χ4n) is 2.38. The lowest BCUT2D eigenvalue weighted by Crippen LogP contribution is -2.33. The van der Waals surface area contributed by atoms with Gasteiger partial charge in [-0.1, -0.05) is 11.8 Å². The van der Waals surface area contributed by atoms with Crippen molar-refractivity contribution in [2.45, 2.75) is 29.7 Å². The maximum absolute atomic E-state index is 10.1. The number of anilines is 1. The molecule has 0 aromatic carbocycles. The summed E-state index contributed by atoms with van der Waals surface area (Å²) in [5, 5.41) is 38.1. The zero-order chi connectivity index (χ0) is 16.6. The van der Waals surface area contributed by atoms with E-state index in [0.29, 0.717) is 16.3 Å². The van der Waals surface area contributed by atoms with Gasteiger partial charge in [0.25, 0.3) is 0 Å². The van der Waals surface area contributed by atoms with Gasteiger partial charge < -0.3 is 25.8 Å². The van der Waals surface area contributed by atoms with Crippen LogP contribution in [0.1, 0.15) is 6.23 Å². The lowest BCUT2D eigenvalue weighted by atomic mass is 10.1. The van der Waals surface area contributed by atoms with Crippen molar-refractivity contribution in [2.24, 2.45) is 0 Å². The van der Waals surface area contributed by atoms with E-state index in [-0.39, 0.29) is 11.6 Å². The highest BCUT2D eigenvalue weighted by Crippen LogP contribution is 2.32. The number of nitriles is 1. The van der Waals surface area contributed by atoms with Crippen molar-refractivity contribution in [3.8, 4) is 6.07 Å². The van der Waals surface area contributed by atoms with Gasteiger partial charge in [0.15, 0.2) is 22.8 Å². The van der Waals surface area contributed by atoms with Crippen LogP contribution in [0.4, 0.5) is 5.82 Å². The number of hydrogen-bond acceptors (Lipinski definition) is 10. The Labute approximate surface area is 134 Å². The number of imidazole rings is 1. The number of thioether (sulfide) groups is 1. The highest BCUT2D eigenvalue weighted by molar-refractivity contribution is 7.99. The number of nitrogens with zero attached hydrogens (tertiary/aromatic N) is 5. The average Bonchev–Trinajstić information content (AvgIpc) is 3.08. The second-order valence-electron chi connectivity index (χ2n) is 4.89. The van der Waals surface area contributed by atoms with Crippen molar-refractivity contribution in [1.29, 1.82) is 5.26 Å². The van der Waals surface area contributed by atoms with Crippen molar-refractivity contribution < 1.29 is 20.1 Å². The molecule has 5 N–H and O–H groups in total. The predicted octanol–water partition coefficient (Wildman–Crippen LogP) is -1.36. The number of rotatable bonds is 4. The Hall–Kier alpha value is -1.97. The summed E-state index contributed by atoms with van der Waals surface area (Å²) in [6.45, 7) is -0.429. The zero-order valence-corrected chi connectivity index (χ0v) is 12.6. The molecule has 1 aliphatic heterocycles. The summed E-state index contributed by atoms with van der Waals surface area (Å²) in [6, 6.07) is 1.97. The van der Waals surface area contributed by atoms with Gasteiger partial charge in [-0.15, -0.1) is 0 Å². The summed E-state index contributed by atoms with van der Waals surface area (Å²) in [5.74, 6) is 0.299. The Bertz CT molecular complexity index is 762. The van der Waals surface area contributed by atoms with E-state index in [1.807, 2.05) is 6.07 Å². The highest BCUT2D eigenvalue weighted by atomic mass is 32.2. The summed E-state index contributed by atoms with van der Waals surface area (Å²) < 4.78 is 6.89. The number of ether oxygens (including phenoxy) is 1. The molecule has 23 heavy (non-hydrogen) atoms. The van der Waals surface area contributed by atoms with Crippen LogP contribution in [-0.4, -0.2) is 65.5 Å². The summed E-state index contributed by atoms with van der Waals surface area (Å²) in [6.07, 6.45) is -2.98. The van der Waals surface area contributed by atoms with Gasteiger partial charge in [-0.2, -0.15) is 5.26 Å². The Kier molecular flexibility index (Phi) is 4.33. The molecular formula is C12H14N6O4S. The summed E-state index contributed by atoms with van der Waals surface area (Å²) in [5.41, 5.74) is 6.48. The van der Waals surface area contributed by atoms with Gasteiger partial charge in [0.05, 0.1) is 24.8 Å². The number of aliphatic hydroxyl groups excluding tert-OH is 3. The van der Waals surface area contributed by atoms with Crippen molar-refractivity contribution in [1.82, 2.24) is 19.5 Å². The van der Waals surface area contributed by atoms with Crippen LogP contribution in [0, 0.1) is 11.3 Å². The quantitative estimate of drug-likeness (QED) is 0.386. The SMILES string of the molecule is N#CCSc1nc(N)c2ncn([C@@H]3O[C@H](CO)[C@@H](O)[C@H]3O)c2n1. The molecule has 0 bridgehead atoms. The smallest absolute Gasteiger partial charge is 0.192 e. The number of nitrogens with two attached hydrogens (primary N) is 1. The molecule has 122 valence electrons. The minimum atomic E-state index is -1.25. The van der Waals surface area contributed by atoms with E-state index in [1.165, 1.54) is 10.9 Å². The van der Waals surface area contributed by atoms with Gasteiger partial charge >= 0.3 is 0 Å². The topological polar surface area (TPSA) is 163 Å². The Morgan fingerprint density at radius 3 is 2.83 bits per heavy atom. The average molecular weight is 338 g/mol. The van der Waals surface area contributed by atoms with Crippen LogP contribution in [0.15, 0.2) is 11.5 Å². The predicted molar refractivity (Wildman–Crippen MR) is 79.1 cm³/mol. The number of hydrogen-bond donors (Lipinski definition) is 4. The molecule has 0 aliphatic carbocycles. The molecule has 3 heterocycles. The maximum atomic E-state index is 10.1. The van der Waals surface area contributed by atoms with Crippen LogP contribution in [0.3, 0.4) is 0 Å².